The fourth-order valence-corrected chi connectivity index (χ4v) is 3.80. The van der Waals surface area contributed by atoms with Gasteiger partial charge in [0, 0.05) is 34.0 Å². The van der Waals surface area contributed by atoms with Crippen molar-refractivity contribution in [3.8, 4) is 56.8 Å². The Morgan fingerprint density at radius 1 is 0.471 bits per heavy atom. The SMILES string of the molecule is c1ccc(-c2n[nH]c(-c3cc(-c4ccccn4)cc(-c4nc(-c5ccccc5)n[nH]4)c3)n2)cc1. The molecule has 7 heteroatoms. The summed E-state index contributed by atoms with van der Waals surface area (Å²) in [7, 11) is 0. The minimum Gasteiger partial charge on any atom is -0.259 e. The monoisotopic (exact) mass is 441 g/mol. The third-order valence-electron chi connectivity index (χ3n) is 5.48. The van der Waals surface area contributed by atoms with Gasteiger partial charge in [0.05, 0.1) is 5.69 Å². The lowest BCUT2D eigenvalue weighted by molar-refractivity contribution is 1.10. The zero-order valence-electron chi connectivity index (χ0n) is 18.1. The quantitative estimate of drug-likeness (QED) is 0.360. The molecule has 0 atom stereocenters. The first-order chi connectivity index (χ1) is 16.8. The lowest BCUT2D eigenvalue weighted by Gasteiger charge is -2.07. The number of aromatic nitrogens is 7. The van der Waals surface area contributed by atoms with E-state index >= 15 is 0 Å². The fraction of sp³-hybridized carbons (Fsp3) is 0. The van der Waals surface area contributed by atoms with Crippen LogP contribution in [0.1, 0.15) is 0 Å². The third-order valence-corrected chi connectivity index (χ3v) is 5.48. The van der Waals surface area contributed by atoms with Crippen molar-refractivity contribution in [1.82, 2.24) is 35.3 Å². The van der Waals surface area contributed by atoms with E-state index < -0.39 is 0 Å². The van der Waals surface area contributed by atoms with Crippen LogP contribution >= 0.6 is 0 Å². The minimum atomic E-state index is 0.645. The molecule has 2 N–H and O–H groups in total. The molecular formula is C27H19N7. The summed E-state index contributed by atoms with van der Waals surface area (Å²) in [5.74, 6) is 2.62. The van der Waals surface area contributed by atoms with Gasteiger partial charge in [0.25, 0.3) is 0 Å². The summed E-state index contributed by atoms with van der Waals surface area (Å²) in [5, 5.41) is 15.0. The third kappa shape index (κ3) is 3.86. The zero-order chi connectivity index (χ0) is 22.7. The first kappa shape index (κ1) is 19.8. The predicted octanol–water partition coefficient (Wildman–Crippen LogP) is 5.65. The number of hydrogen-bond acceptors (Lipinski definition) is 5. The van der Waals surface area contributed by atoms with Gasteiger partial charge in [-0.1, -0.05) is 66.7 Å². The lowest BCUT2D eigenvalue weighted by atomic mass is 10.0. The predicted molar refractivity (Wildman–Crippen MR) is 131 cm³/mol. The van der Waals surface area contributed by atoms with E-state index in [1.165, 1.54) is 0 Å². The second kappa shape index (κ2) is 8.55. The van der Waals surface area contributed by atoms with E-state index in [4.69, 9.17) is 9.97 Å². The molecule has 0 radical (unpaired) electrons. The smallest absolute Gasteiger partial charge is 0.181 e. The number of benzene rings is 3. The molecule has 3 aromatic carbocycles. The Kier molecular flexibility index (Phi) is 4.97. The van der Waals surface area contributed by atoms with Crippen molar-refractivity contribution in [3.63, 3.8) is 0 Å². The number of nitrogens with one attached hydrogen (secondary N) is 2. The maximum absolute atomic E-state index is 4.74. The van der Waals surface area contributed by atoms with Crippen LogP contribution in [-0.4, -0.2) is 35.3 Å². The number of nitrogens with zero attached hydrogens (tertiary/aromatic N) is 5. The fourth-order valence-electron chi connectivity index (χ4n) is 3.80. The molecule has 7 nitrogen and oxygen atoms in total. The topological polar surface area (TPSA) is 96.0 Å². The molecular weight excluding hydrogens is 422 g/mol. The maximum Gasteiger partial charge on any atom is 0.181 e. The number of H-pyrrole nitrogens is 2. The van der Waals surface area contributed by atoms with Gasteiger partial charge in [-0.3, -0.25) is 15.2 Å². The Bertz CT molecular complexity index is 1440. The van der Waals surface area contributed by atoms with Crippen LogP contribution in [0.3, 0.4) is 0 Å². The number of hydrogen-bond donors (Lipinski definition) is 2. The van der Waals surface area contributed by atoms with Gasteiger partial charge in [0.2, 0.25) is 0 Å². The first-order valence-electron chi connectivity index (χ1n) is 10.9. The van der Waals surface area contributed by atoms with Crippen molar-refractivity contribution < 1.29 is 0 Å². The van der Waals surface area contributed by atoms with Gasteiger partial charge in [-0.05, 0) is 30.3 Å². The standard InChI is InChI=1S/C27H19N7/c1-3-9-18(10-4-1)24-29-26(33-31-24)21-15-20(23-13-7-8-14-28-23)16-22(17-21)27-30-25(32-34-27)19-11-5-2-6-12-19/h1-17H,(H,29,31,33)(H,30,32,34). The first-order valence-corrected chi connectivity index (χ1v) is 10.9. The number of pyridine rings is 1. The molecule has 0 amide bonds. The highest BCUT2D eigenvalue weighted by atomic mass is 15.2. The Hall–Kier alpha value is -4.91. The van der Waals surface area contributed by atoms with Crippen LogP contribution in [0.25, 0.3) is 56.8 Å². The van der Waals surface area contributed by atoms with E-state index in [2.05, 4.69) is 37.5 Å². The van der Waals surface area contributed by atoms with E-state index in [0.29, 0.717) is 23.3 Å². The summed E-state index contributed by atoms with van der Waals surface area (Å²) in [4.78, 5) is 14.0. The van der Waals surface area contributed by atoms with Crippen molar-refractivity contribution in [1.29, 1.82) is 0 Å². The molecule has 0 bridgehead atoms. The van der Waals surface area contributed by atoms with Crippen LogP contribution in [0.15, 0.2) is 103 Å². The van der Waals surface area contributed by atoms with E-state index in [1.54, 1.807) is 6.20 Å². The van der Waals surface area contributed by atoms with Gasteiger partial charge in [0.15, 0.2) is 23.3 Å². The second-order valence-electron chi connectivity index (χ2n) is 7.76. The van der Waals surface area contributed by atoms with Crippen LogP contribution in [0.2, 0.25) is 0 Å². The zero-order valence-corrected chi connectivity index (χ0v) is 18.1. The molecule has 0 saturated heterocycles. The molecule has 0 aliphatic heterocycles. The molecule has 34 heavy (non-hydrogen) atoms. The molecule has 0 aliphatic rings. The van der Waals surface area contributed by atoms with E-state index in [9.17, 15) is 0 Å². The van der Waals surface area contributed by atoms with Crippen molar-refractivity contribution in [3.05, 3.63) is 103 Å². The largest absolute Gasteiger partial charge is 0.259 e. The molecule has 0 spiro atoms. The Morgan fingerprint density at radius 3 is 1.47 bits per heavy atom. The molecule has 0 fully saturated rings. The molecule has 0 aliphatic carbocycles. The van der Waals surface area contributed by atoms with Crippen LogP contribution in [0.4, 0.5) is 0 Å². The highest BCUT2D eigenvalue weighted by molar-refractivity contribution is 5.77. The van der Waals surface area contributed by atoms with E-state index in [0.717, 1.165) is 33.5 Å². The Balaban J connectivity index is 1.45. The van der Waals surface area contributed by atoms with Gasteiger partial charge >= 0.3 is 0 Å². The van der Waals surface area contributed by atoms with Crippen molar-refractivity contribution >= 4 is 0 Å². The van der Waals surface area contributed by atoms with Gasteiger partial charge in [0.1, 0.15) is 0 Å². The van der Waals surface area contributed by atoms with Gasteiger partial charge < -0.3 is 0 Å². The number of aromatic amines is 2. The van der Waals surface area contributed by atoms with Crippen LogP contribution < -0.4 is 0 Å². The average molecular weight is 441 g/mol. The summed E-state index contributed by atoms with van der Waals surface area (Å²) in [6.45, 7) is 0. The summed E-state index contributed by atoms with van der Waals surface area (Å²) < 4.78 is 0. The molecule has 0 unspecified atom stereocenters. The van der Waals surface area contributed by atoms with Crippen LogP contribution in [0, 0.1) is 0 Å². The maximum atomic E-state index is 4.74. The summed E-state index contributed by atoms with van der Waals surface area (Å²) in [5.41, 5.74) is 5.47. The molecule has 3 aromatic heterocycles. The second-order valence-corrected chi connectivity index (χ2v) is 7.76. The van der Waals surface area contributed by atoms with Crippen LogP contribution in [0.5, 0.6) is 0 Å². The average Bonchev–Trinajstić information content (AvgIpc) is 3.61. The number of rotatable bonds is 5. The molecule has 162 valence electrons. The Morgan fingerprint density at radius 2 is 0.971 bits per heavy atom. The molecule has 0 saturated carbocycles. The van der Waals surface area contributed by atoms with Crippen molar-refractivity contribution in [2.75, 3.05) is 0 Å². The molecule has 6 rings (SSSR count). The van der Waals surface area contributed by atoms with E-state index in [1.807, 2.05) is 84.9 Å². The normalized spacial score (nSPS) is 10.9. The summed E-state index contributed by atoms with van der Waals surface area (Å²) >= 11 is 0. The lowest BCUT2D eigenvalue weighted by Crippen LogP contribution is -1.90. The van der Waals surface area contributed by atoms with E-state index in [-0.39, 0.29) is 0 Å². The summed E-state index contributed by atoms with van der Waals surface area (Å²) in [6.07, 6.45) is 1.78. The molecule has 3 heterocycles. The van der Waals surface area contributed by atoms with Crippen molar-refractivity contribution in [2.24, 2.45) is 0 Å². The minimum absolute atomic E-state index is 0.645. The van der Waals surface area contributed by atoms with Crippen molar-refractivity contribution in [2.45, 2.75) is 0 Å². The Labute approximate surface area is 195 Å². The van der Waals surface area contributed by atoms with Crippen LogP contribution in [-0.2, 0) is 0 Å². The highest BCUT2D eigenvalue weighted by Crippen LogP contribution is 2.31. The summed E-state index contributed by atoms with van der Waals surface area (Å²) in [6, 6.07) is 31.8. The molecule has 6 aromatic rings. The van der Waals surface area contributed by atoms with Gasteiger partial charge in [-0.15, -0.1) is 0 Å². The highest BCUT2D eigenvalue weighted by Gasteiger charge is 2.14. The van der Waals surface area contributed by atoms with Gasteiger partial charge in [-0.25, -0.2) is 9.97 Å². The van der Waals surface area contributed by atoms with Gasteiger partial charge in [-0.2, -0.15) is 10.2 Å².